The fraction of sp³-hybridized carbons (Fsp3) is 0.524. The number of aliphatic carboxylic acids is 2. The van der Waals surface area contributed by atoms with Crippen LogP contribution < -0.4 is 20.5 Å². The minimum atomic E-state index is -3.78. The number of fused-ring (bicyclic) bond motifs is 3. The van der Waals surface area contributed by atoms with Gasteiger partial charge >= 0.3 is 11.9 Å². The van der Waals surface area contributed by atoms with Gasteiger partial charge in [0.25, 0.3) is 5.91 Å². The zero-order chi connectivity index (χ0) is 91.8. The Morgan fingerprint density at radius 3 is 1.13 bits per heavy atom. The van der Waals surface area contributed by atoms with E-state index >= 15 is 0 Å². The fourth-order valence-electron chi connectivity index (χ4n) is 13.4. The molecule has 0 saturated carbocycles. The van der Waals surface area contributed by atoms with Gasteiger partial charge in [-0.2, -0.15) is 0 Å². The Morgan fingerprint density at radius 2 is 0.752 bits per heavy atom. The van der Waals surface area contributed by atoms with Crippen LogP contribution in [0.15, 0.2) is 124 Å². The van der Waals surface area contributed by atoms with E-state index < -0.39 is 77.9 Å². The molecule has 41 heteroatoms. The number of ether oxygens (including phenoxy) is 9. The number of sulfonamides is 2. The molecule has 32 nitrogen and oxygen atoms in total. The highest BCUT2D eigenvalue weighted by atomic mass is 35.5. The van der Waals surface area contributed by atoms with Crippen molar-refractivity contribution in [1.82, 2.24) is 29.5 Å². The number of nitrogens with zero attached hydrogens (tertiary/aromatic N) is 3. The van der Waals surface area contributed by atoms with E-state index in [1.165, 1.54) is 0 Å². The summed E-state index contributed by atoms with van der Waals surface area (Å²) in [7, 11) is -4.83. The van der Waals surface area contributed by atoms with Crippen molar-refractivity contribution in [3.8, 4) is 0 Å². The number of aliphatic hydroxyl groups excluding tert-OH is 4. The highest BCUT2D eigenvalue weighted by Gasteiger charge is 2.34. The molecule has 0 bridgehead atoms. The SMILES string of the molecule is CCOCCCC(=O)[C@H](O)[C@@H](O)C(=O)NCCOCCOCCOCCNS(=O)(=O)c1cccc([C@@H]2CN(C)Cc3c(Cl)cc(Cl)cc32)c1.CCOCCOCCCS(=O)(=O)c1cccc([C@@H]2CN(C)Cc3c(Cl)cc(Cl)cc32)c1.CN1Cc2c(Cl)cc(Cl)cc2[C@H](c2cccc(S(=O)(=O)NCCOCCOCCOCCN)c2)C1.O=C(O)[C@H](O)[C@@H](O)C(=O)O. The first kappa shape index (κ1) is 108. The summed E-state index contributed by atoms with van der Waals surface area (Å²) in [6.07, 6.45) is -7.37. The van der Waals surface area contributed by atoms with E-state index in [4.69, 9.17) is 138 Å². The lowest BCUT2D eigenvalue weighted by Crippen LogP contribution is -2.46. The van der Waals surface area contributed by atoms with Crippen LogP contribution in [0.2, 0.25) is 30.1 Å². The highest BCUT2D eigenvalue weighted by Crippen LogP contribution is 2.42. The molecule has 0 aromatic heterocycles. The Morgan fingerprint density at radius 1 is 0.424 bits per heavy atom. The van der Waals surface area contributed by atoms with Gasteiger partial charge in [0.2, 0.25) is 20.0 Å². The number of sulfone groups is 1. The Labute approximate surface area is 761 Å². The maximum atomic E-state index is 13.0. The Balaban J connectivity index is 0.000000281. The summed E-state index contributed by atoms with van der Waals surface area (Å²) >= 11 is 38.2. The summed E-state index contributed by atoms with van der Waals surface area (Å²) in [6.45, 7) is 15.6. The van der Waals surface area contributed by atoms with Gasteiger partial charge in [-0.05, 0) is 171 Å². The normalized spacial score (nSPS) is 16.4. The third-order valence-electron chi connectivity index (χ3n) is 19.5. The van der Waals surface area contributed by atoms with Crippen molar-refractivity contribution >= 4 is 123 Å². The van der Waals surface area contributed by atoms with Crippen LogP contribution in [0.5, 0.6) is 0 Å². The number of benzene rings is 6. The summed E-state index contributed by atoms with van der Waals surface area (Å²) in [5, 5.41) is 58.3. The molecule has 0 spiro atoms. The topological polar surface area (TPSA) is 447 Å². The van der Waals surface area contributed by atoms with E-state index in [9.17, 15) is 54.6 Å². The molecule has 0 aliphatic carbocycles. The molecule has 0 saturated heterocycles. The Bertz CT molecular complexity index is 4730. The van der Waals surface area contributed by atoms with Crippen molar-refractivity contribution < 1.29 is 118 Å². The molecule has 7 atom stereocenters. The Hall–Kier alpha value is -5.77. The smallest absolute Gasteiger partial charge is 0.335 e. The number of likely N-dealkylation sites (N-methyl/N-ethyl adjacent to an activating group) is 3. The van der Waals surface area contributed by atoms with Gasteiger partial charge in [-0.15, -0.1) is 0 Å². The first-order valence-electron chi connectivity index (χ1n) is 40.4. The van der Waals surface area contributed by atoms with E-state index in [2.05, 4.69) is 29.5 Å². The number of nitrogens with one attached hydrogen (secondary N) is 3. The van der Waals surface area contributed by atoms with Gasteiger partial charge in [0.15, 0.2) is 33.9 Å². The molecule has 11 N–H and O–H groups in total. The molecule has 1 amide bonds. The zero-order valence-corrected chi connectivity index (χ0v) is 77.4. The quantitative estimate of drug-likeness (QED) is 0.0164. The maximum Gasteiger partial charge on any atom is 0.335 e. The molecule has 0 fully saturated rings. The molecular formula is C84H115Cl6N7O25S3. The minimum Gasteiger partial charge on any atom is -0.479 e. The summed E-state index contributed by atoms with van der Waals surface area (Å²) in [4.78, 5) is 50.6. The van der Waals surface area contributed by atoms with Gasteiger partial charge in [0.05, 0.1) is 113 Å². The van der Waals surface area contributed by atoms with Gasteiger partial charge in [0, 0.05) is 146 Å². The van der Waals surface area contributed by atoms with Gasteiger partial charge in [-0.3, -0.25) is 9.59 Å². The van der Waals surface area contributed by atoms with Crippen LogP contribution in [0.4, 0.5) is 0 Å². The van der Waals surface area contributed by atoms with Crippen molar-refractivity contribution in [2.75, 3.05) is 192 Å². The number of halogens is 6. The monoisotopic (exact) mass is 1930 g/mol. The van der Waals surface area contributed by atoms with Crippen molar-refractivity contribution in [3.63, 3.8) is 0 Å². The third-order valence-corrected chi connectivity index (χ3v) is 25.9. The van der Waals surface area contributed by atoms with Crippen LogP contribution in [0.1, 0.15) is 101 Å². The van der Waals surface area contributed by atoms with E-state index in [1.807, 2.05) is 71.4 Å². The minimum absolute atomic E-state index is 0.00185. The molecule has 0 unspecified atom stereocenters. The molecular weight excluding hydrogens is 1820 g/mol. The molecule has 0 radical (unpaired) electrons. The fourth-order valence-corrected chi connectivity index (χ4v) is 18.5. The average molecular weight is 1930 g/mol. The molecule has 696 valence electrons. The predicted octanol–water partition coefficient (Wildman–Crippen LogP) is 7.65. The van der Waals surface area contributed by atoms with Gasteiger partial charge in [-0.25, -0.2) is 44.3 Å². The highest BCUT2D eigenvalue weighted by molar-refractivity contribution is 7.91. The van der Waals surface area contributed by atoms with Crippen LogP contribution in [0.25, 0.3) is 0 Å². The zero-order valence-electron chi connectivity index (χ0n) is 70.4. The van der Waals surface area contributed by atoms with Crippen molar-refractivity contribution in [3.05, 3.63) is 189 Å². The van der Waals surface area contributed by atoms with Crippen molar-refractivity contribution in [1.29, 1.82) is 0 Å². The predicted molar refractivity (Wildman–Crippen MR) is 475 cm³/mol. The number of hydrogen-bond acceptors (Lipinski definition) is 27. The molecule has 6 aromatic rings. The number of ketones is 1. The molecule has 3 aliphatic heterocycles. The van der Waals surface area contributed by atoms with E-state index in [1.54, 1.807) is 72.8 Å². The Kier molecular flexibility index (Phi) is 48.4. The molecule has 3 aliphatic rings. The van der Waals surface area contributed by atoms with E-state index in [0.717, 1.165) is 69.7 Å². The second kappa shape index (κ2) is 56.1. The van der Waals surface area contributed by atoms with Crippen LogP contribution in [0, 0.1) is 0 Å². The lowest BCUT2D eigenvalue weighted by Gasteiger charge is -2.33. The van der Waals surface area contributed by atoms with Gasteiger partial charge in [0.1, 0.15) is 6.10 Å². The van der Waals surface area contributed by atoms with Crippen LogP contribution in [-0.4, -0.2) is 310 Å². The van der Waals surface area contributed by atoms with Crippen molar-refractivity contribution in [2.45, 2.75) is 110 Å². The standard InChI is InChI=1S/C33H47Cl2N3O10S.C24H33Cl2N3O5S.C23H29Cl2NO4S.C4H6O6/c1-3-45-11-5-8-30(39)31(40)32(41)33(42)36-9-12-46-14-16-48-17-15-47-13-10-37-49(43,44)25-7-4-6-23(18-25)27-21-38(2)22-28-26(27)19-24(34)20-29(28)35;1-29-16-22(21-14-19(25)15-24(26)23(21)17-29)18-3-2-4-20(13-18)35(30,31)28-6-8-33-10-12-34-11-9-32-7-5-27;1-3-29-9-10-30-8-5-11-31(27,28)19-7-4-6-17(12-19)21-15-26(2)16-22-20(21)13-18(24)14-23(22)25;5-1(3(7)8)2(6)4(9)10/h4,6-7,18-20,27,31-32,37,40-41H,3,5,8-17,21-22H2,1-2H3,(H,36,42);2-4,13-15,22,28H,5-12,16-17,27H2,1H3;4,6-7,12-14,21H,3,5,8-11,15-16H2,1-2H3;1-2,5-6H,(H,7,8)(H,9,10)/t27-,31-,32+;22-;21-;1-,2-/m0001/s1. The summed E-state index contributed by atoms with van der Waals surface area (Å²) in [5.74, 6) is -5.12. The van der Waals surface area contributed by atoms with Crippen LogP contribution in [0.3, 0.4) is 0 Å². The lowest BCUT2D eigenvalue weighted by atomic mass is 9.85. The number of carboxylic acids is 2. The molecule has 9 rings (SSSR count). The number of Topliss-reactive ketones (excluding diaryl/α,β-unsaturated/α-hetero) is 1. The average Bonchev–Trinajstić information content (AvgIpc) is 0.780. The van der Waals surface area contributed by atoms with Crippen LogP contribution in [-0.2, 0) is 111 Å². The number of carboxylic acid groups (broad SMARTS) is 2. The number of aliphatic hydroxyl groups is 4. The number of hydrogen-bond donors (Lipinski definition) is 10. The van der Waals surface area contributed by atoms with Crippen LogP contribution >= 0.6 is 69.6 Å². The first-order valence-corrected chi connectivity index (χ1v) is 47.3. The van der Waals surface area contributed by atoms with E-state index in [-0.39, 0.29) is 106 Å². The number of carbonyl (C=O) groups is 4. The second-order valence-corrected chi connectivity index (χ2v) is 37.3. The van der Waals surface area contributed by atoms with Crippen molar-refractivity contribution in [2.24, 2.45) is 5.73 Å². The summed E-state index contributed by atoms with van der Waals surface area (Å²) in [6, 6.07) is 32.1. The summed E-state index contributed by atoms with van der Waals surface area (Å²) < 4.78 is 131. The first-order chi connectivity index (χ1) is 59.5. The number of rotatable bonds is 50. The maximum absolute atomic E-state index is 13.0. The molecule has 125 heavy (non-hydrogen) atoms. The van der Waals surface area contributed by atoms with Gasteiger partial charge < -0.3 is 99.0 Å². The third kappa shape index (κ3) is 36.5. The summed E-state index contributed by atoms with van der Waals surface area (Å²) in [5.41, 5.74) is 14.2. The largest absolute Gasteiger partial charge is 0.479 e. The number of amides is 1. The van der Waals surface area contributed by atoms with E-state index in [0.29, 0.717) is 147 Å². The number of carbonyl (C=O) groups excluding carboxylic acids is 2. The lowest BCUT2D eigenvalue weighted by molar-refractivity contribution is -0.165. The van der Waals surface area contributed by atoms with Gasteiger partial charge in [-0.1, -0.05) is 106 Å². The molecule has 3 heterocycles. The molecule has 6 aromatic carbocycles. The number of nitrogens with two attached hydrogens (primary N) is 1. The second-order valence-electron chi connectivity index (χ2n) is 29.1.